The van der Waals surface area contributed by atoms with E-state index in [0.29, 0.717) is 19.1 Å². The van der Waals surface area contributed by atoms with Gasteiger partial charge in [-0.05, 0) is 32.4 Å². The molecule has 0 saturated heterocycles. The molecule has 2 rings (SSSR count). The normalized spacial score (nSPS) is 14.2. The summed E-state index contributed by atoms with van der Waals surface area (Å²) in [7, 11) is 1.91. The van der Waals surface area contributed by atoms with Gasteiger partial charge in [0.15, 0.2) is 0 Å². The Balaban J connectivity index is 1.85. The summed E-state index contributed by atoms with van der Waals surface area (Å²) in [5, 5.41) is 6.09. The third kappa shape index (κ3) is 4.24. The van der Waals surface area contributed by atoms with Crippen LogP contribution in [0.3, 0.4) is 0 Å². The fraction of sp³-hybridized carbons (Fsp3) is 0.533. The number of carbonyl (C=O) groups is 1. The Morgan fingerprint density at radius 2 is 2.21 bits per heavy atom. The maximum absolute atomic E-state index is 11.6. The minimum atomic E-state index is 0.0891. The predicted molar refractivity (Wildman–Crippen MR) is 75.2 cm³/mol. The Labute approximate surface area is 114 Å². The Hall–Kier alpha value is -1.55. The van der Waals surface area contributed by atoms with Gasteiger partial charge in [-0.25, -0.2) is 0 Å². The molecule has 1 fully saturated rings. The van der Waals surface area contributed by atoms with Crippen LogP contribution < -0.4 is 15.4 Å². The van der Waals surface area contributed by atoms with Crippen molar-refractivity contribution in [2.45, 2.75) is 38.8 Å². The largest absolute Gasteiger partial charge is 0.492 e. The lowest BCUT2D eigenvalue weighted by Gasteiger charge is -2.14. The third-order valence-electron chi connectivity index (χ3n) is 3.18. The number of rotatable bonds is 7. The smallest absolute Gasteiger partial charge is 0.223 e. The molecular formula is C15H22N2O2. The highest BCUT2D eigenvalue weighted by molar-refractivity contribution is 5.76. The molecule has 1 aliphatic carbocycles. The summed E-state index contributed by atoms with van der Waals surface area (Å²) < 4.78 is 5.79. The Kier molecular flexibility index (Phi) is 4.80. The fourth-order valence-corrected chi connectivity index (χ4v) is 2.02. The number of nitrogens with one attached hydrogen (secondary N) is 2. The first-order valence-electron chi connectivity index (χ1n) is 6.86. The second-order valence-electron chi connectivity index (χ2n) is 5.03. The number of amides is 1. The monoisotopic (exact) mass is 262 g/mol. The molecule has 0 bridgehead atoms. The average Bonchev–Trinajstić information content (AvgIpc) is 3.17. The number of hydrogen-bond donors (Lipinski definition) is 2. The second kappa shape index (κ2) is 6.57. The molecule has 1 aliphatic rings. The molecule has 0 spiro atoms. The maximum Gasteiger partial charge on any atom is 0.223 e. The van der Waals surface area contributed by atoms with Crippen LogP contribution in [0.4, 0.5) is 0 Å². The van der Waals surface area contributed by atoms with E-state index in [1.54, 1.807) is 0 Å². The van der Waals surface area contributed by atoms with Gasteiger partial charge < -0.3 is 15.4 Å². The minimum absolute atomic E-state index is 0.0891. The maximum atomic E-state index is 11.6. The van der Waals surface area contributed by atoms with E-state index in [2.05, 4.69) is 10.6 Å². The lowest BCUT2D eigenvalue weighted by molar-refractivity contribution is -0.121. The number of benzene rings is 1. The van der Waals surface area contributed by atoms with Crippen molar-refractivity contribution >= 4 is 5.91 Å². The van der Waals surface area contributed by atoms with Crippen LogP contribution in [0.5, 0.6) is 5.75 Å². The Bertz CT molecular complexity index is 442. The molecule has 0 unspecified atom stereocenters. The summed E-state index contributed by atoms with van der Waals surface area (Å²) in [6.07, 6.45) is 2.66. The molecule has 0 aromatic heterocycles. The van der Waals surface area contributed by atoms with Crippen LogP contribution in [-0.4, -0.2) is 25.6 Å². The van der Waals surface area contributed by atoms with E-state index in [4.69, 9.17) is 4.74 Å². The molecule has 19 heavy (non-hydrogen) atoms. The van der Waals surface area contributed by atoms with E-state index < -0.39 is 0 Å². The van der Waals surface area contributed by atoms with Crippen molar-refractivity contribution in [3.8, 4) is 5.75 Å². The van der Waals surface area contributed by atoms with Crippen molar-refractivity contribution in [2.75, 3.05) is 13.7 Å². The number of ether oxygens (including phenoxy) is 1. The van der Waals surface area contributed by atoms with E-state index in [9.17, 15) is 4.79 Å². The third-order valence-corrected chi connectivity index (χ3v) is 3.18. The molecule has 104 valence electrons. The average molecular weight is 262 g/mol. The van der Waals surface area contributed by atoms with Gasteiger partial charge in [-0.2, -0.15) is 0 Å². The molecular weight excluding hydrogens is 240 g/mol. The quantitative estimate of drug-likeness (QED) is 0.787. The zero-order valence-electron chi connectivity index (χ0n) is 11.7. The number of para-hydroxylation sites is 1. The van der Waals surface area contributed by atoms with Crippen LogP contribution in [0.2, 0.25) is 0 Å². The Morgan fingerprint density at radius 3 is 2.89 bits per heavy atom. The molecule has 2 N–H and O–H groups in total. The van der Waals surface area contributed by atoms with Crippen LogP contribution in [0.15, 0.2) is 18.2 Å². The van der Waals surface area contributed by atoms with E-state index in [1.165, 1.54) is 0 Å². The first-order chi connectivity index (χ1) is 9.20. The standard InChI is InChI=1S/C15H22N2O2/c1-11-4-3-5-12(10-16-2)15(11)19-9-8-14(18)17-13-6-7-13/h3-5,13,16H,6-10H2,1-2H3,(H,17,18). The van der Waals surface area contributed by atoms with Gasteiger partial charge in [-0.3, -0.25) is 4.79 Å². The van der Waals surface area contributed by atoms with Crippen LogP contribution in [0, 0.1) is 6.92 Å². The van der Waals surface area contributed by atoms with Crippen molar-refractivity contribution < 1.29 is 9.53 Å². The van der Waals surface area contributed by atoms with Crippen LogP contribution in [-0.2, 0) is 11.3 Å². The van der Waals surface area contributed by atoms with Crippen molar-refractivity contribution in [2.24, 2.45) is 0 Å². The van der Waals surface area contributed by atoms with Crippen LogP contribution >= 0.6 is 0 Å². The van der Waals surface area contributed by atoms with Crippen molar-refractivity contribution in [1.29, 1.82) is 0 Å². The second-order valence-corrected chi connectivity index (χ2v) is 5.03. The number of aryl methyl sites for hydroxylation is 1. The van der Waals surface area contributed by atoms with Crippen LogP contribution in [0.25, 0.3) is 0 Å². The summed E-state index contributed by atoms with van der Waals surface area (Å²) in [6, 6.07) is 6.52. The number of carbonyl (C=O) groups excluding carboxylic acids is 1. The zero-order chi connectivity index (χ0) is 13.7. The molecule has 0 radical (unpaired) electrons. The number of hydrogen-bond acceptors (Lipinski definition) is 3. The molecule has 4 heteroatoms. The van der Waals surface area contributed by atoms with Gasteiger partial charge in [-0.1, -0.05) is 18.2 Å². The van der Waals surface area contributed by atoms with Gasteiger partial charge in [0, 0.05) is 18.2 Å². The van der Waals surface area contributed by atoms with E-state index in [0.717, 1.165) is 36.3 Å². The van der Waals surface area contributed by atoms with Gasteiger partial charge in [-0.15, -0.1) is 0 Å². The molecule has 1 amide bonds. The van der Waals surface area contributed by atoms with Gasteiger partial charge in [0.25, 0.3) is 0 Å². The highest BCUT2D eigenvalue weighted by Crippen LogP contribution is 2.23. The highest BCUT2D eigenvalue weighted by atomic mass is 16.5. The van der Waals surface area contributed by atoms with Gasteiger partial charge in [0.2, 0.25) is 5.91 Å². The van der Waals surface area contributed by atoms with E-state index in [1.807, 2.05) is 32.2 Å². The topological polar surface area (TPSA) is 50.4 Å². The predicted octanol–water partition coefficient (Wildman–Crippen LogP) is 1.76. The van der Waals surface area contributed by atoms with Crippen molar-refractivity contribution in [3.05, 3.63) is 29.3 Å². The SMILES string of the molecule is CNCc1cccc(C)c1OCCC(=O)NC1CC1. The Morgan fingerprint density at radius 1 is 1.42 bits per heavy atom. The lowest BCUT2D eigenvalue weighted by Crippen LogP contribution is -2.26. The molecule has 1 aromatic carbocycles. The summed E-state index contributed by atoms with van der Waals surface area (Å²) in [5.74, 6) is 0.988. The molecule has 1 saturated carbocycles. The van der Waals surface area contributed by atoms with Crippen molar-refractivity contribution in [1.82, 2.24) is 10.6 Å². The van der Waals surface area contributed by atoms with Gasteiger partial charge in [0.1, 0.15) is 5.75 Å². The molecule has 0 atom stereocenters. The zero-order valence-corrected chi connectivity index (χ0v) is 11.7. The van der Waals surface area contributed by atoms with E-state index >= 15 is 0 Å². The summed E-state index contributed by atoms with van der Waals surface area (Å²) in [4.78, 5) is 11.6. The molecule has 1 aromatic rings. The van der Waals surface area contributed by atoms with Gasteiger partial charge >= 0.3 is 0 Å². The molecule has 0 heterocycles. The molecule has 4 nitrogen and oxygen atoms in total. The van der Waals surface area contributed by atoms with Crippen molar-refractivity contribution in [3.63, 3.8) is 0 Å². The van der Waals surface area contributed by atoms with E-state index in [-0.39, 0.29) is 5.91 Å². The first kappa shape index (κ1) is 13.9. The van der Waals surface area contributed by atoms with Gasteiger partial charge in [0.05, 0.1) is 13.0 Å². The highest BCUT2D eigenvalue weighted by Gasteiger charge is 2.22. The fourth-order valence-electron chi connectivity index (χ4n) is 2.02. The minimum Gasteiger partial charge on any atom is -0.492 e. The summed E-state index contributed by atoms with van der Waals surface area (Å²) in [5.41, 5.74) is 2.24. The summed E-state index contributed by atoms with van der Waals surface area (Å²) >= 11 is 0. The summed E-state index contributed by atoms with van der Waals surface area (Å²) in [6.45, 7) is 3.23. The molecule has 0 aliphatic heterocycles. The van der Waals surface area contributed by atoms with Crippen LogP contribution in [0.1, 0.15) is 30.4 Å². The first-order valence-corrected chi connectivity index (χ1v) is 6.86. The lowest BCUT2D eigenvalue weighted by atomic mass is 10.1.